The van der Waals surface area contributed by atoms with Crippen molar-refractivity contribution >= 4 is 11.6 Å². The first kappa shape index (κ1) is 22.8. The number of rotatable bonds is 7. The van der Waals surface area contributed by atoms with E-state index in [1.807, 2.05) is 11.9 Å². The van der Waals surface area contributed by atoms with Crippen molar-refractivity contribution in [3.05, 3.63) is 40.3 Å². The molecule has 0 amide bonds. The summed E-state index contributed by atoms with van der Waals surface area (Å²) in [7, 11) is 4.74. The third-order valence-corrected chi connectivity index (χ3v) is 5.80. The first-order valence-electron chi connectivity index (χ1n) is 10.2. The number of Topliss-reactive ketones (excluding diaryl/α,β-unsaturated/α-hetero) is 2. The highest BCUT2D eigenvalue weighted by Gasteiger charge is 2.35. The van der Waals surface area contributed by atoms with Gasteiger partial charge in [-0.2, -0.15) is 0 Å². The average Bonchev–Trinajstić information content (AvgIpc) is 3.05. The summed E-state index contributed by atoms with van der Waals surface area (Å²) in [6, 6.07) is 3.11. The molecule has 8 nitrogen and oxygen atoms in total. The van der Waals surface area contributed by atoms with Gasteiger partial charge in [0.05, 0.1) is 32.3 Å². The highest BCUT2D eigenvalue weighted by molar-refractivity contribution is 6.16. The fraction of sp³-hybridized carbons (Fsp3) is 0.478. The van der Waals surface area contributed by atoms with E-state index in [0.717, 1.165) is 6.54 Å². The Hall–Kier alpha value is -2.84. The fourth-order valence-corrected chi connectivity index (χ4v) is 4.26. The number of β-amino-alcohol motifs (C(OH)–C–C–N with tert-alkyl or cyclic N) is 1. The van der Waals surface area contributed by atoms with Crippen molar-refractivity contribution in [1.82, 2.24) is 4.90 Å². The van der Waals surface area contributed by atoms with Crippen LogP contribution in [0.15, 0.2) is 16.5 Å². The number of aromatic hydroxyl groups is 1. The fourth-order valence-electron chi connectivity index (χ4n) is 4.26. The number of ether oxygens (including phenoxy) is 2. The van der Waals surface area contributed by atoms with Crippen molar-refractivity contribution in [3.63, 3.8) is 0 Å². The smallest absolute Gasteiger partial charge is 0.178 e. The molecule has 3 rings (SSSR count). The number of aliphatic hydroxyl groups excluding tert-OH is 1. The summed E-state index contributed by atoms with van der Waals surface area (Å²) in [4.78, 5) is 27.8. The highest BCUT2D eigenvalue weighted by Crippen LogP contribution is 2.46. The Bertz CT molecular complexity index is 994. The molecule has 8 heteroatoms. The minimum absolute atomic E-state index is 0.0874. The predicted octanol–water partition coefficient (Wildman–Crippen LogP) is 2.85. The number of carbonyl (C=O) groups is 2. The molecule has 1 fully saturated rings. The van der Waals surface area contributed by atoms with Crippen molar-refractivity contribution in [3.8, 4) is 17.2 Å². The van der Waals surface area contributed by atoms with Crippen LogP contribution in [0.3, 0.4) is 0 Å². The summed E-state index contributed by atoms with van der Waals surface area (Å²) in [5, 5.41) is 21.8. The quantitative estimate of drug-likeness (QED) is 0.509. The Morgan fingerprint density at radius 2 is 1.84 bits per heavy atom. The van der Waals surface area contributed by atoms with Crippen LogP contribution in [0.2, 0.25) is 0 Å². The van der Waals surface area contributed by atoms with Gasteiger partial charge in [-0.25, -0.2) is 0 Å². The second-order valence-electron chi connectivity index (χ2n) is 7.99. The van der Waals surface area contributed by atoms with Gasteiger partial charge in [0.15, 0.2) is 11.6 Å². The zero-order valence-corrected chi connectivity index (χ0v) is 18.5. The number of aliphatic hydroxyl groups is 1. The molecular weight excluding hydrogens is 402 g/mol. The van der Waals surface area contributed by atoms with Gasteiger partial charge < -0.3 is 29.0 Å². The predicted molar refractivity (Wildman–Crippen MR) is 114 cm³/mol. The van der Waals surface area contributed by atoms with Gasteiger partial charge in [-0.15, -0.1) is 0 Å². The van der Waals surface area contributed by atoms with Gasteiger partial charge in [-0.05, 0) is 39.9 Å². The van der Waals surface area contributed by atoms with E-state index in [1.54, 1.807) is 19.9 Å². The van der Waals surface area contributed by atoms with Gasteiger partial charge >= 0.3 is 0 Å². The summed E-state index contributed by atoms with van der Waals surface area (Å²) >= 11 is 0. The Morgan fingerprint density at radius 3 is 2.39 bits per heavy atom. The number of aryl methyl sites for hydroxylation is 2. The van der Waals surface area contributed by atoms with Crippen LogP contribution < -0.4 is 9.47 Å². The van der Waals surface area contributed by atoms with Gasteiger partial charge in [0.2, 0.25) is 0 Å². The van der Waals surface area contributed by atoms with Crippen LogP contribution in [0.1, 0.15) is 56.6 Å². The van der Waals surface area contributed by atoms with Gasteiger partial charge in [-0.3, -0.25) is 9.59 Å². The largest absolute Gasteiger partial charge is 0.507 e. The number of hydrogen-bond acceptors (Lipinski definition) is 8. The van der Waals surface area contributed by atoms with Gasteiger partial charge in [0.1, 0.15) is 34.3 Å². The Kier molecular flexibility index (Phi) is 6.71. The van der Waals surface area contributed by atoms with Crippen molar-refractivity contribution < 1.29 is 33.7 Å². The van der Waals surface area contributed by atoms with Crippen LogP contribution in [-0.2, 0) is 0 Å². The molecule has 2 heterocycles. The number of benzene rings is 1. The topological polar surface area (TPSA) is 109 Å². The summed E-state index contributed by atoms with van der Waals surface area (Å²) in [6.07, 6.45) is -0.618. The summed E-state index contributed by atoms with van der Waals surface area (Å²) in [5.41, 5.74) is 0.606. The lowest BCUT2D eigenvalue weighted by Gasteiger charge is -2.35. The first-order chi connectivity index (χ1) is 14.7. The zero-order valence-electron chi connectivity index (χ0n) is 18.5. The molecule has 1 aromatic carbocycles. The molecule has 0 unspecified atom stereocenters. The number of likely N-dealkylation sites (tertiary alicyclic amines) is 1. The third kappa shape index (κ3) is 4.45. The molecular formula is C23H29NO7. The normalized spacial score (nSPS) is 19.3. The molecule has 1 saturated heterocycles. The van der Waals surface area contributed by atoms with E-state index in [4.69, 9.17) is 13.9 Å². The van der Waals surface area contributed by atoms with Crippen molar-refractivity contribution in [2.75, 3.05) is 34.4 Å². The van der Waals surface area contributed by atoms with Crippen LogP contribution in [0.4, 0.5) is 0 Å². The second kappa shape index (κ2) is 9.11. The van der Waals surface area contributed by atoms with Gasteiger partial charge in [0.25, 0.3) is 0 Å². The Labute approximate surface area is 181 Å². The van der Waals surface area contributed by atoms with Crippen molar-refractivity contribution in [1.29, 1.82) is 0 Å². The van der Waals surface area contributed by atoms with Crippen LogP contribution in [0.25, 0.3) is 0 Å². The van der Waals surface area contributed by atoms with E-state index in [9.17, 15) is 19.8 Å². The van der Waals surface area contributed by atoms with E-state index in [1.165, 1.54) is 20.3 Å². The number of methoxy groups -OCH3 is 2. The van der Waals surface area contributed by atoms with E-state index >= 15 is 0 Å². The van der Waals surface area contributed by atoms with Crippen molar-refractivity contribution in [2.45, 2.75) is 38.7 Å². The summed E-state index contributed by atoms with van der Waals surface area (Å²) in [5.74, 6) is -0.263. The standard InChI is InChI=1S/C23H29NO7/c1-12-8-15(13(2)31-12)16(25)9-17(26)22-20(30-5)10-19(29-4)21(23(22)28)14-6-7-24(3)11-18(14)27/h8,10,14,18,27-28H,6-7,9,11H2,1-5H3/t14-,18+/m0/s1. The molecule has 0 radical (unpaired) electrons. The Balaban J connectivity index is 2.01. The second-order valence-corrected chi connectivity index (χ2v) is 7.99. The number of nitrogens with zero attached hydrogens (tertiary/aromatic N) is 1. The third-order valence-electron chi connectivity index (χ3n) is 5.80. The molecule has 31 heavy (non-hydrogen) atoms. The lowest BCUT2D eigenvalue weighted by molar-refractivity contribution is 0.0618. The first-order valence-corrected chi connectivity index (χ1v) is 10.2. The maximum absolute atomic E-state index is 13.1. The minimum atomic E-state index is -0.743. The number of piperidine rings is 1. The molecule has 0 aliphatic carbocycles. The molecule has 168 valence electrons. The average molecular weight is 431 g/mol. The number of ketones is 2. The van der Waals surface area contributed by atoms with E-state index in [2.05, 4.69) is 0 Å². The van der Waals surface area contributed by atoms with Gasteiger partial charge in [-0.1, -0.05) is 0 Å². The number of carbonyl (C=O) groups excluding carboxylic acids is 2. The van der Waals surface area contributed by atoms with Crippen molar-refractivity contribution in [2.24, 2.45) is 0 Å². The monoisotopic (exact) mass is 431 g/mol. The molecule has 0 spiro atoms. The lowest BCUT2D eigenvalue weighted by Crippen LogP contribution is -2.40. The summed E-state index contributed by atoms with van der Waals surface area (Å²) in [6.45, 7) is 4.54. The number of phenols is 1. The summed E-state index contributed by atoms with van der Waals surface area (Å²) < 4.78 is 16.2. The number of phenolic OH excluding ortho intramolecular Hbond substituents is 1. The number of likely N-dealkylation sites (N-methyl/N-ethyl adjacent to an activating group) is 1. The van der Waals surface area contributed by atoms with E-state index in [-0.39, 0.29) is 17.1 Å². The molecule has 2 atom stereocenters. The lowest BCUT2D eigenvalue weighted by atomic mass is 9.84. The van der Waals surface area contributed by atoms with E-state index < -0.39 is 30.0 Å². The molecule has 1 aliphatic heterocycles. The molecule has 0 bridgehead atoms. The highest BCUT2D eigenvalue weighted by atomic mass is 16.5. The molecule has 1 aliphatic rings. The van der Waals surface area contributed by atoms with Crippen LogP contribution in [0, 0.1) is 13.8 Å². The van der Waals surface area contributed by atoms with Crippen LogP contribution in [0.5, 0.6) is 17.2 Å². The molecule has 0 saturated carbocycles. The van der Waals surface area contributed by atoms with Gasteiger partial charge in [0, 0.05) is 24.1 Å². The minimum Gasteiger partial charge on any atom is -0.507 e. The number of hydrogen-bond donors (Lipinski definition) is 2. The zero-order chi connectivity index (χ0) is 22.9. The van der Waals surface area contributed by atoms with Crippen LogP contribution >= 0.6 is 0 Å². The molecule has 1 aromatic heterocycles. The number of furan rings is 1. The van der Waals surface area contributed by atoms with E-state index in [0.29, 0.717) is 41.4 Å². The Morgan fingerprint density at radius 1 is 1.16 bits per heavy atom. The maximum atomic E-state index is 13.1. The van der Waals surface area contributed by atoms with Crippen LogP contribution in [-0.4, -0.2) is 67.1 Å². The maximum Gasteiger partial charge on any atom is 0.178 e. The molecule has 2 N–H and O–H groups in total. The molecule has 2 aromatic rings. The SMILES string of the molecule is COc1cc(OC)c([C@H]2CCN(C)C[C@H]2O)c(O)c1C(=O)CC(=O)c1cc(C)oc1C.